The minimum atomic E-state index is -0.297. The van der Waals surface area contributed by atoms with E-state index in [-0.39, 0.29) is 17.2 Å². The van der Waals surface area contributed by atoms with Gasteiger partial charge in [-0.3, -0.25) is 4.90 Å². The van der Waals surface area contributed by atoms with Crippen molar-refractivity contribution in [1.29, 1.82) is 0 Å². The van der Waals surface area contributed by atoms with Crippen molar-refractivity contribution < 1.29 is 10.1 Å². The molecule has 2 N–H and O–H groups in total. The first-order valence-electron chi connectivity index (χ1n) is 6.48. The first kappa shape index (κ1) is 13.6. The lowest BCUT2D eigenvalue weighted by molar-refractivity contribution is -0.787. The second kappa shape index (κ2) is 4.10. The monoisotopic (exact) mass is 251 g/mol. The number of quaternary nitrogens is 1. The van der Waals surface area contributed by atoms with Crippen molar-refractivity contribution >= 4 is 0 Å². The molecular formula is C14H25N3O+2. The molecule has 1 saturated heterocycles. The lowest BCUT2D eigenvalue weighted by Crippen LogP contribution is -3.04. The second-order valence-corrected chi connectivity index (χ2v) is 6.30. The van der Waals surface area contributed by atoms with Crippen LogP contribution >= 0.6 is 0 Å². The summed E-state index contributed by atoms with van der Waals surface area (Å²) in [6, 6.07) is 0. The number of hydroxylamine groups is 2. The van der Waals surface area contributed by atoms with Crippen LogP contribution < -0.4 is 4.90 Å². The van der Waals surface area contributed by atoms with Gasteiger partial charge in [0.15, 0.2) is 6.20 Å². The van der Waals surface area contributed by atoms with Gasteiger partial charge in [-0.05, 0) is 34.7 Å². The van der Waals surface area contributed by atoms with E-state index in [2.05, 4.69) is 59.0 Å². The lowest BCUT2D eigenvalue weighted by Gasteiger charge is -2.38. The van der Waals surface area contributed by atoms with Gasteiger partial charge in [0.05, 0.1) is 19.0 Å². The summed E-state index contributed by atoms with van der Waals surface area (Å²) >= 11 is 0. The molecule has 4 nitrogen and oxygen atoms in total. The fourth-order valence-electron chi connectivity index (χ4n) is 2.70. The van der Waals surface area contributed by atoms with Gasteiger partial charge in [-0.2, -0.15) is 4.90 Å². The van der Waals surface area contributed by atoms with E-state index in [0.29, 0.717) is 0 Å². The van der Waals surface area contributed by atoms with Crippen LogP contribution in [0.4, 0.5) is 0 Å². The SMILES string of the molecule is CN1C(C2=C[CH+]C=C[NH+]2C)N(O)C(C)(C)C1(C)C. The molecule has 0 saturated carbocycles. The summed E-state index contributed by atoms with van der Waals surface area (Å²) in [4.78, 5) is 3.46. The van der Waals surface area contributed by atoms with Crippen LogP contribution in [0.3, 0.4) is 0 Å². The fourth-order valence-corrected chi connectivity index (χ4v) is 2.70. The van der Waals surface area contributed by atoms with Gasteiger partial charge < -0.3 is 5.21 Å². The molecule has 0 aromatic carbocycles. The van der Waals surface area contributed by atoms with Gasteiger partial charge in [-0.15, -0.1) is 5.06 Å². The van der Waals surface area contributed by atoms with Gasteiger partial charge in [0.2, 0.25) is 11.9 Å². The van der Waals surface area contributed by atoms with Crippen molar-refractivity contribution in [3.05, 3.63) is 30.5 Å². The highest BCUT2D eigenvalue weighted by atomic mass is 16.5. The predicted molar refractivity (Wildman–Crippen MR) is 71.7 cm³/mol. The summed E-state index contributed by atoms with van der Waals surface area (Å²) in [5.41, 5.74) is 0.768. The van der Waals surface area contributed by atoms with E-state index in [1.54, 1.807) is 0 Å². The summed E-state index contributed by atoms with van der Waals surface area (Å²) in [5.74, 6) is 0. The van der Waals surface area contributed by atoms with Gasteiger partial charge in [-0.1, -0.05) is 0 Å². The van der Waals surface area contributed by atoms with Gasteiger partial charge >= 0.3 is 0 Å². The van der Waals surface area contributed by atoms with Gasteiger partial charge in [0.1, 0.15) is 12.2 Å². The molecule has 0 amide bonds. The molecule has 0 bridgehead atoms. The van der Waals surface area contributed by atoms with Crippen LogP contribution in [0.1, 0.15) is 27.7 Å². The Hall–Kier alpha value is -0.810. The molecular weight excluding hydrogens is 226 g/mol. The molecule has 0 aliphatic carbocycles. The standard InChI is InChI=1S/C14H24N3O/c1-13(2)14(3,4)17(18)12(16(13)6)11-9-7-8-10-15(11)5/h7-10,12,18H,1-6H3/q+1/p+1. The third kappa shape index (κ3) is 1.64. The van der Waals surface area contributed by atoms with Crippen LogP contribution in [-0.2, 0) is 0 Å². The number of rotatable bonds is 1. The minimum Gasteiger partial charge on any atom is -0.310 e. The summed E-state index contributed by atoms with van der Waals surface area (Å²) < 4.78 is 0. The van der Waals surface area contributed by atoms with Crippen molar-refractivity contribution in [3.63, 3.8) is 0 Å². The molecule has 0 spiro atoms. The average Bonchev–Trinajstić information content (AvgIpc) is 2.40. The van der Waals surface area contributed by atoms with Crippen molar-refractivity contribution in [2.75, 3.05) is 14.1 Å². The Morgan fingerprint density at radius 3 is 2.33 bits per heavy atom. The summed E-state index contributed by atoms with van der Waals surface area (Å²) in [6.07, 6.45) is 8.16. The highest BCUT2D eigenvalue weighted by molar-refractivity contribution is 5.22. The van der Waals surface area contributed by atoms with Gasteiger partial charge in [0, 0.05) is 5.54 Å². The van der Waals surface area contributed by atoms with E-state index in [0.717, 1.165) is 0 Å². The summed E-state index contributed by atoms with van der Waals surface area (Å²) in [6.45, 7) is 8.52. The van der Waals surface area contributed by atoms with Crippen molar-refractivity contribution in [3.8, 4) is 0 Å². The number of nitrogens with one attached hydrogen (secondary N) is 1. The summed E-state index contributed by atoms with van der Waals surface area (Å²) in [5, 5.41) is 12.1. The molecule has 0 radical (unpaired) electrons. The number of hydrogen-bond donors (Lipinski definition) is 2. The third-order valence-electron chi connectivity index (χ3n) is 5.02. The van der Waals surface area contributed by atoms with E-state index in [1.165, 1.54) is 15.7 Å². The van der Waals surface area contributed by atoms with Crippen molar-refractivity contribution in [1.82, 2.24) is 9.96 Å². The quantitative estimate of drug-likeness (QED) is 0.671. The minimum absolute atomic E-state index is 0.0869. The first-order valence-corrected chi connectivity index (χ1v) is 6.48. The maximum Gasteiger partial charge on any atom is 0.242 e. The Morgan fingerprint density at radius 1 is 1.28 bits per heavy atom. The normalized spacial score (nSPS) is 35.4. The van der Waals surface area contributed by atoms with Gasteiger partial charge in [0.25, 0.3) is 0 Å². The molecule has 2 unspecified atom stereocenters. The third-order valence-corrected chi connectivity index (χ3v) is 5.02. The van der Waals surface area contributed by atoms with Crippen molar-refractivity contribution in [2.45, 2.75) is 44.9 Å². The van der Waals surface area contributed by atoms with Crippen LogP contribution in [0.15, 0.2) is 24.0 Å². The molecule has 2 rings (SSSR count). The number of allylic oxidation sites excluding steroid dienone is 2. The Labute approximate surface area is 110 Å². The number of hydrogen-bond acceptors (Lipinski definition) is 3. The van der Waals surface area contributed by atoms with Gasteiger partial charge in [-0.25, -0.2) is 0 Å². The second-order valence-electron chi connectivity index (χ2n) is 6.30. The molecule has 2 aliphatic rings. The topological polar surface area (TPSA) is 31.2 Å². The largest absolute Gasteiger partial charge is 0.310 e. The highest BCUT2D eigenvalue weighted by Gasteiger charge is 2.60. The maximum atomic E-state index is 10.6. The molecule has 2 heterocycles. The van der Waals surface area contributed by atoms with E-state index in [4.69, 9.17) is 0 Å². The average molecular weight is 251 g/mol. The van der Waals surface area contributed by atoms with Crippen LogP contribution in [0, 0.1) is 6.42 Å². The zero-order valence-electron chi connectivity index (χ0n) is 12.2. The number of likely N-dealkylation sites (N-methyl/N-ethyl adjacent to an activating group) is 2. The molecule has 2 aliphatic heterocycles. The summed E-state index contributed by atoms with van der Waals surface area (Å²) in [7, 11) is 4.17. The first-order chi connectivity index (χ1) is 8.21. The molecule has 0 aromatic rings. The zero-order valence-corrected chi connectivity index (χ0v) is 12.2. The zero-order chi connectivity index (χ0) is 13.7. The van der Waals surface area contributed by atoms with Crippen LogP contribution in [0.5, 0.6) is 0 Å². The predicted octanol–water partition coefficient (Wildman–Crippen LogP) is 0.636. The van der Waals surface area contributed by atoms with Crippen LogP contribution in [0.25, 0.3) is 0 Å². The van der Waals surface area contributed by atoms with E-state index in [1.807, 2.05) is 12.5 Å². The lowest BCUT2D eigenvalue weighted by atomic mass is 9.83. The number of nitrogens with zero attached hydrogens (tertiary/aromatic N) is 2. The van der Waals surface area contributed by atoms with Crippen LogP contribution in [0.2, 0.25) is 0 Å². The molecule has 4 heteroatoms. The Morgan fingerprint density at radius 2 is 1.89 bits per heavy atom. The molecule has 2 atom stereocenters. The molecule has 18 heavy (non-hydrogen) atoms. The van der Waals surface area contributed by atoms with Crippen LogP contribution in [-0.4, -0.2) is 46.5 Å². The Bertz CT molecular complexity index is 378. The van der Waals surface area contributed by atoms with E-state index >= 15 is 0 Å². The Balaban J connectivity index is 2.38. The fraction of sp³-hybridized carbons (Fsp3) is 0.643. The highest BCUT2D eigenvalue weighted by Crippen LogP contribution is 2.42. The van der Waals surface area contributed by atoms with Crippen molar-refractivity contribution in [2.24, 2.45) is 0 Å². The van der Waals surface area contributed by atoms with E-state index in [9.17, 15) is 5.21 Å². The molecule has 0 aromatic heterocycles. The maximum absolute atomic E-state index is 10.6. The smallest absolute Gasteiger partial charge is 0.242 e. The molecule has 1 fully saturated rings. The van der Waals surface area contributed by atoms with E-state index < -0.39 is 0 Å². The molecule has 100 valence electrons. The Kier molecular flexibility index (Phi) is 3.10.